The van der Waals surface area contributed by atoms with Crippen molar-refractivity contribution in [3.05, 3.63) is 53.8 Å². The number of rotatable bonds is 5. The molecule has 1 aromatic carbocycles. The summed E-state index contributed by atoms with van der Waals surface area (Å²) in [6.07, 6.45) is 0.653. The molecular formula is C18H18N4O4. The largest absolute Gasteiger partial charge is 0.384 e. The van der Waals surface area contributed by atoms with Crippen molar-refractivity contribution in [2.75, 3.05) is 0 Å². The van der Waals surface area contributed by atoms with E-state index in [0.29, 0.717) is 24.4 Å². The highest BCUT2D eigenvalue weighted by molar-refractivity contribution is 5.93. The predicted octanol–water partition coefficient (Wildman–Crippen LogP) is 2.45. The summed E-state index contributed by atoms with van der Waals surface area (Å²) in [4.78, 5) is 16.5. The number of nitrogens with one attached hydrogen (secondary N) is 1. The molecule has 0 aliphatic heterocycles. The van der Waals surface area contributed by atoms with E-state index in [9.17, 15) is 9.90 Å². The van der Waals surface area contributed by atoms with Crippen molar-refractivity contribution in [1.82, 2.24) is 20.6 Å². The van der Waals surface area contributed by atoms with E-state index in [1.807, 2.05) is 30.3 Å². The number of hydrogen-bond donors (Lipinski definition) is 2. The Bertz CT molecular complexity index is 897. The quantitative estimate of drug-likeness (QED) is 0.723. The van der Waals surface area contributed by atoms with Gasteiger partial charge in [-0.3, -0.25) is 4.79 Å². The fourth-order valence-corrected chi connectivity index (χ4v) is 2.91. The van der Waals surface area contributed by atoms with Gasteiger partial charge in [-0.2, -0.15) is 4.98 Å². The molecule has 2 aromatic heterocycles. The van der Waals surface area contributed by atoms with Gasteiger partial charge in [0.2, 0.25) is 0 Å². The number of nitrogens with zero attached hydrogens (tertiary/aromatic N) is 3. The molecule has 0 radical (unpaired) electrons. The molecule has 8 heteroatoms. The molecule has 0 spiro atoms. The summed E-state index contributed by atoms with van der Waals surface area (Å²) in [7, 11) is 0. The van der Waals surface area contributed by atoms with Gasteiger partial charge in [0, 0.05) is 23.6 Å². The first-order chi connectivity index (χ1) is 12.6. The van der Waals surface area contributed by atoms with Crippen molar-refractivity contribution in [2.24, 2.45) is 0 Å². The van der Waals surface area contributed by atoms with Gasteiger partial charge >= 0.3 is 0 Å². The van der Waals surface area contributed by atoms with Crippen LogP contribution in [0.15, 0.2) is 45.4 Å². The van der Waals surface area contributed by atoms with Crippen molar-refractivity contribution >= 4 is 5.91 Å². The summed E-state index contributed by atoms with van der Waals surface area (Å²) in [5.74, 6) is 1.19. The van der Waals surface area contributed by atoms with Gasteiger partial charge in [-0.1, -0.05) is 40.6 Å². The number of carbonyl (C=O) groups is 1. The Labute approximate surface area is 149 Å². The van der Waals surface area contributed by atoms with Crippen LogP contribution in [0.4, 0.5) is 0 Å². The van der Waals surface area contributed by atoms with Crippen molar-refractivity contribution in [2.45, 2.75) is 37.8 Å². The molecule has 134 valence electrons. The molecular weight excluding hydrogens is 336 g/mol. The minimum atomic E-state index is -0.780. The third-order valence-electron chi connectivity index (χ3n) is 4.45. The summed E-state index contributed by atoms with van der Waals surface area (Å²) in [5.41, 5.74) is 1.12. The number of aliphatic hydroxyl groups excluding tert-OH is 1. The van der Waals surface area contributed by atoms with Crippen LogP contribution in [0.1, 0.15) is 54.0 Å². The van der Waals surface area contributed by atoms with Gasteiger partial charge in [0.15, 0.2) is 17.3 Å². The lowest BCUT2D eigenvalue weighted by atomic mass is 9.79. The highest BCUT2D eigenvalue weighted by Gasteiger charge is 2.35. The molecule has 2 N–H and O–H groups in total. The van der Waals surface area contributed by atoms with E-state index in [4.69, 9.17) is 9.05 Å². The Balaban J connectivity index is 1.33. The Morgan fingerprint density at radius 1 is 1.23 bits per heavy atom. The summed E-state index contributed by atoms with van der Waals surface area (Å²) >= 11 is 0. The molecule has 2 heterocycles. The highest BCUT2D eigenvalue weighted by atomic mass is 16.5. The minimum absolute atomic E-state index is 0.0258. The number of aliphatic hydroxyl groups is 1. The molecule has 1 amide bonds. The molecule has 3 aromatic rings. The Morgan fingerprint density at radius 2 is 2.00 bits per heavy atom. The van der Waals surface area contributed by atoms with Gasteiger partial charge in [0.1, 0.15) is 6.10 Å². The lowest BCUT2D eigenvalue weighted by Crippen LogP contribution is -2.43. The lowest BCUT2D eigenvalue weighted by molar-refractivity contribution is 0.0898. The first-order valence-electron chi connectivity index (χ1n) is 8.44. The number of carbonyl (C=O) groups excluding carboxylic acids is 1. The maximum atomic E-state index is 12.3. The first-order valence-corrected chi connectivity index (χ1v) is 8.44. The van der Waals surface area contributed by atoms with Crippen molar-refractivity contribution < 1.29 is 18.9 Å². The number of aromatic nitrogens is 3. The second-order valence-corrected chi connectivity index (χ2v) is 6.45. The van der Waals surface area contributed by atoms with Crippen LogP contribution in [0.25, 0.3) is 11.3 Å². The fraction of sp³-hybridized carbons (Fsp3) is 0.333. The van der Waals surface area contributed by atoms with Gasteiger partial charge in [-0.15, -0.1) is 0 Å². The minimum Gasteiger partial charge on any atom is -0.384 e. The summed E-state index contributed by atoms with van der Waals surface area (Å²) < 4.78 is 10.2. The van der Waals surface area contributed by atoms with Crippen LogP contribution in [0.5, 0.6) is 0 Å². The second kappa shape index (κ2) is 6.72. The lowest BCUT2D eigenvalue weighted by Gasteiger charge is -2.33. The Hall–Kier alpha value is -3.00. The molecule has 1 saturated carbocycles. The molecule has 1 aliphatic carbocycles. The number of benzene rings is 1. The average Bonchev–Trinajstić information content (AvgIpc) is 3.28. The van der Waals surface area contributed by atoms with Gasteiger partial charge < -0.3 is 19.5 Å². The zero-order valence-corrected chi connectivity index (χ0v) is 14.1. The molecule has 1 aliphatic rings. The maximum absolute atomic E-state index is 12.3. The normalized spacial score (nSPS) is 20.4. The topological polar surface area (TPSA) is 114 Å². The third-order valence-corrected chi connectivity index (χ3v) is 4.45. The first kappa shape index (κ1) is 16.5. The zero-order valence-electron chi connectivity index (χ0n) is 14.1. The van der Waals surface area contributed by atoms with Crippen molar-refractivity contribution in [1.29, 1.82) is 0 Å². The summed E-state index contributed by atoms with van der Waals surface area (Å²) in [6.45, 7) is 1.57. The van der Waals surface area contributed by atoms with E-state index in [1.165, 1.54) is 0 Å². The van der Waals surface area contributed by atoms with Gasteiger partial charge in [-0.25, -0.2) is 0 Å². The Kier molecular flexibility index (Phi) is 4.26. The molecule has 1 fully saturated rings. The standard InChI is InChI=1S/C18H18N4O4/c1-10(23)18-20-16(22-26-18)12-7-13(8-12)19-17(24)14-9-15(25-21-14)11-5-3-2-4-6-11/h2-6,9-10,12-13,23H,7-8H2,1H3,(H,19,24)/t10?,12-,13-. The van der Waals surface area contributed by atoms with Crippen LogP contribution in [-0.2, 0) is 0 Å². The number of hydrogen-bond acceptors (Lipinski definition) is 7. The molecule has 8 nitrogen and oxygen atoms in total. The van der Waals surface area contributed by atoms with E-state index in [0.717, 1.165) is 5.56 Å². The predicted molar refractivity (Wildman–Crippen MR) is 90.1 cm³/mol. The van der Waals surface area contributed by atoms with Gasteiger partial charge in [0.25, 0.3) is 11.8 Å². The fourth-order valence-electron chi connectivity index (χ4n) is 2.91. The molecule has 4 rings (SSSR count). The number of amides is 1. The van der Waals surface area contributed by atoms with E-state index < -0.39 is 6.10 Å². The monoisotopic (exact) mass is 354 g/mol. The van der Waals surface area contributed by atoms with Gasteiger partial charge in [0.05, 0.1) is 0 Å². The van der Waals surface area contributed by atoms with Crippen LogP contribution >= 0.6 is 0 Å². The maximum Gasteiger partial charge on any atom is 0.273 e. The zero-order chi connectivity index (χ0) is 18.1. The molecule has 26 heavy (non-hydrogen) atoms. The molecule has 1 atom stereocenters. The second-order valence-electron chi connectivity index (χ2n) is 6.45. The third kappa shape index (κ3) is 3.23. The molecule has 0 bridgehead atoms. The highest BCUT2D eigenvalue weighted by Crippen LogP contribution is 2.35. The van der Waals surface area contributed by atoms with Crippen molar-refractivity contribution in [3.8, 4) is 11.3 Å². The van der Waals surface area contributed by atoms with Crippen LogP contribution in [0, 0.1) is 0 Å². The van der Waals surface area contributed by atoms with E-state index in [1.54, 1.807) is 13.0 Å². The molecule has 0 saturated heterocycles. The van der Waals surface area contributed by atoms with E-state index in [-0.39, 0.29) is 29.5 Å². The van der Waals surface area contributed by atoms with Crippen molar-refractivity contribution in [3.63, 3.8) is 0 Å². The van der Waals surface area contributed by atoms with E-state index >= 15 is 0 Å². The van der Waals surface area contributed by atoms with Crippen LogP contribution < -0.4 is 5.32 Å². The Morgan fingerprint density at radius 3 is 2.69 bits per heavy atom. The van der Waals surface area contributed by atoms with Crippen LogP contribution in [-0.4, -0.2) is 32.4 Å². The van der Waals surface area contributed by atoms with E-state index in [2.05, 4.69) is 20.6 Å². The van der Waals surface area contributed by atoms with Crippen LogP contribution in [0.3, 0.4) is 0 Å². The SMILES string of the molecule is CC(O)c1nc([C@H]2C[C@H](NC(=O)c3cc(-c4ccccc4)on3)C2)no1. The van der Waals surface area contributed by atoms with Crippen LogP contribution in [0.2, 0.25) is 0 Å². The average molecular weight is 354 g/mol. The summed E-state index contributed by atoms with van der Waals surface area (Å²) in [6, 6.07) is 11.2. The summed E-state index contributed by atoms with van der Waals surface area (Å²) in [5, 5.41) is 20.1. The smallest absolute Gasteiger partial charge is 0.273 e. The molecule has 1 unspecified atom stereocenters. The van der Waals surface area contributed by atoms with Gasteiger partial charge in [-0.05, 0) is 19.8 Å².